The Balaban J connectivity index is 1.68. The van der Waals surface area contributed by atoms with Gasteiger partial charge in [-0.15, -0.1) is 0 Å². The van der Waals surface area contributed by atoms with Crippen molar-refractivity contribution in [2.75, 3.05) is 4.90 Å². The van der Waals surface area contributed by atoms with Gasteiger partial charge >= 0.3 is 0 Å². The zero-order chi connectivity index (χ0) is 16.0. The fraction of sp³-hybridized carbons (Fsp3) is 0.118. The van der Waals surface area contributed by atoms with Gasteiger partial charge in [-0.2, -0.15) is 0 Å². The average molecular weight is 370 g/mol. The molecule has 0 aliphatic carbocycles. The minimum absolute atomic E-state index is 0.0884. The molecule has 1 aromatic heterocycles. The first-order chi connectivity index (χ1) is 11.1. The Hall–Kier alpha value is -2.47. The first-order valence-electron chi connectivity index (χ1n) is 7.17. The van der Waals surface area contributed by atoms with Gasteiger partial charge in [0, 0.05) is 35.1 Å². The summed E-state index contributed by atoms with van der Waals surface area (Å²) in [5.41, 5.74) is 3.46. The number of rotatable bonds is 2. The molecule has 23 heavy (non-hydrogen) atoms. The van der Waals surface area contributed by atoms with Gasteiger partial charge in [0.2, 0.25) is 0 Å². The van der Waals surface area contributed by atoms with E-state index in [2.05, 4.69) is 44.0 Å². The molecule has 0 radical (unpaired) electrons. The number of nitro benzene ring substituents is 1. The zero-order valence-corrected chi connectivity index (χ0v) is 13.7. The lowest BCUT2D eigenvalue weighted by Crippen LogP contribution is -2.15. The Morgan fingerprint density at radius 3 is 2.70 bits per heavy atom. The van der Waals surface area contributed by atoms with Crippen LogP contribution in [0, 0.1) is 10.1 Å². The molecule has 2 heterocycles. The van der Waals surface area contributed by atoms with Crippen LogP contribution in [0.5, 0.6) is 0 Å². The number of aromatic nitrogens is 1. The summed E-state index contributed by atoms with van der Waals surface area (Å²) in [5, 5.41) is 11.6. The smallest absolute Gasteiger partial charge is 0.270 e. The Morgan fingerprint density at radius 1 is 1.04 bits per heavy atom. The largest absolute Gasteiger partial charge is 0.348 e. The van der Waals surface area contributed by atoms with E-state index in [4.69, 9.17) is 0 Å². The predicted octanol–water partition coefficient (Wildman–Crippen LogP) is 4.43. The number of nitro groups is 1. The summed E-state index contributed by atoms with van der Waals surface area (Å²) in [6, 6.07) is 14.9. The molecular weight excluding hydrogens is 358 g/mol. The van der Waals surface area contributed by atoms with Crippen molar-refractivity contribution < 1.29 is 4.92 Å². The number of benzene rings is 2. The van der Waals surface area contributed by atoms with Crippen LogP contribution in [-0.2, 0) is 13.1 Å². The molecule has 1 aliphatic heterocycles. The Labute approximate surface area is 140 Å². The van der Waals surface area contributed by atoms with E-state index < -0.39 is 0 Å². The van der Waals surface area contributed by atoms with Gasteiger partial charge in [0.1, 0.15) is 5.82 Å². The third-order valence-electron chi connectivity index (χ3n) is 4.08. The molecule has 2 aromatic carbocycles. The Kier molecular flexibility index (Phi) is 3.27. The van der Waals surface area contributed by atoms with Crippen LogP contribution < -0.4 is 4.90 Å². The van der Waals surface area contributed by atoms with Gasteiger partial charge in [-0.1, -0.05) is 22.0 Å². The third kappa shape index (κ3) is 2.55. The van der Waals surface area contributed by atoms with Gasteiger partial charge in [0.25, 0.3) is 5.69 Å². The quantitative estimate of drug-likeness (QED) is 0.495. The maximum atomic E-state index is 10.8. The number of pyridine rings is 1. The second kappa shape index (κ2) is 5.31. The molecule has 0 saturated heterocycles. The molecule has 0 amide bonds. The van der Waals surface area contributed by atoms with Gasteiger partial charge in [-0.25, -0.2) is 4.98 Å². The third-order valence-corrected chi connectivity index (χ3v) is 4.58. The van der Waals surface area contributed by atoms with Crippen molar-refractivity contribution in [3.05, 3.63) is 74.2 Å². The molecule has 0 fully saturated rings. The van der Waals surface area contributed by atoms with E-state index in [1.165, 1.54) is 17.2 Å². The molecule has 4 rings (SSSR count). The van der Waals surface area contributed by atoms with Crippen molar-refractivity contribution in [3.8, 4) is 0 Å². The van der Waals surface area contributed by atoms with Crippen LogP contribution in [0.4, 0.5) is 11.5 Å². The highest BCUT2D eigenvalue weighted by Crippen LogP contribution is 2.30. The summed E-state index contributed by atoms with van der Waals surface area (Å²) in [7, 11) is 0. The van der Waals surface area contributed by atoms with Crippen LogP contribution in [0.3, 0.4) is 0 Å². The fourth-order valence-corrected chi connectivity index (χ4v) is 3.33. The molecule has 0 N–H and O–H groups in total. The minimum Gasteiger partial charge on any atom is -0.348 e. The highest BCUT2D eigenvalue weighted by molar-refractivity contribution is 9.10. The Morgan fingerprint density at radius 2 is 1.87 bits per heavy atom. The highest BCUT2D eigenvalue weighted by Gasteiger charge is 2.20. The first-order valence-corrected chi connectivity index (χ1v) is 7.97. The topological polar surface area (TPSA) is 59.3 Å². The van der Waals surface area contributed by atoms with Crippen molar-refractivity contribution in [3.63, 3.8) is 0 Å². The number of fused-ring (bicyclic) bond motifs is 2. The number of non-ortho nitro benzene ring substituents is 1. The van der Waals surface area contributed by atoms with Crippen LogP contribution >= 0.6 is 15.9 Å². The molecule has 5 nitrogen and oxygen atoms in total. The normalized spacial score (nSPS) is 13.3. The summed E-state index contributed by atoms with van der Waals surface area (Å²) >= 11 is 3.50. The lowest BCUT2D eigenvalue weighted by atomic mass is 10.1. The van der Waals surface area contributed by atoms with Crippen LogP contribution in [0.15, 0.2) is 53.0 Å². The van der Waals surface area contributed by atoms with E-state index in [-0.39, 0.29) is 10.6 Å². The summed E-state index contributed by atoms with van der Waals surface area (Å²) in [5.74, 6) is 0.888. The van der Waals surface area contributed by atoms with Crippen LogP contribution in [0.25, 0.3) is 10.9 Å². The zero-order valence-electron chi connectivity index (χ0n) is 12.1. The molecule has 0 saturated carbocycles. The van der Waals surface area contributed by atoms with E-state index in [9.17, 15) is 10.1 Å². The number of hydrogen-bond acceptors (Lipinski definition) is 4. The van der Waals surface area contributed by atoms with Crippen molar-refractivity contribution in [1.82, 2.24) is 4.98 Å². The monoisotopic (exact) mass is 369 g/mol. The molecule has 0 spiro atoms. The molecule has 6 heteroatoms. The lowest BCUT2D eigenvalue weighted by Gasteiger charge is -2.16. The van der Waals surface area contributed by atoms with Gasteiger partial charge < -0.3 is 4.90 Å². The van der Waals surface area contributed by atoms with Gasteiger partial charge in [0.05, 0.1) is 10.4 Å². The fourth-order valence-electron chi connectivity index (χ4n) is 2.92. The van der Waals surface area contributed by atoms with Crippen molar-refractivity contribution in [2.45, 2.75) is 13.1 Å². The SMILES string of the molecule is O=[N+]([O-])c1ccc2nc(N3Cc4ccc(Br)cc4C3)ccc2c1. The van der Waals surface area contributed by atoms with E-state index in [0.29, 0.717) is 0 Å². The minimum atomic E-state index is -0.387. The summed E-state index contributed by atoms with van der Waals surface area (Å²) in [6.07, 6.45) is 0. The number of anilines is 1. The molecule has 0 atom stereocenters. The summed E-state index contributed by atoms with van der Waals surface area (Å²) < 4.78 is 1.08. The molecule has 3 aromatic rings. The number of halogens is 1. The second-order valence-electron chi connectivity index (χ2n) is 5.57. The second-order valence-corrected chi connectivity index (χ2v) is 6.49. The van der Waals surface area contributed by atoms with Gasteiger partial charge in [-0.05, 0) is 41.5 Å². The van der Waals surface area contributed by atoms with Crippen molar-refractivity contribution in [2.24, 2.45) is 0 Å². The molecule has 0 bridgehead atoms. The first kappa shape index (κ1) is 14.1. The predicted molar refractivity (Wildman–Crippen MR) is 92.4 cm³/mol. The highest BCUT2D eigenvalue weighted by atomic mass is 79.9. The molecule has 114 valence electrons. The molecule has 0 unspecified atom stereocenters. The van der Waals surface area contributed by atoms with E-state index in [1.807, 2.05) is 12.1 Å². The van der Waals surface area contributed by atoms with Crippen LogP contribution in [-0.4, -0.2) is 9.91 Å². The van der Waals surface area contributed by atoms with E-state index in [0.717, 1.165) is 34.3 Å². The standard InChI is InChI=1S/C17H12BrN3O2/c18-14-3-1-12-9-20(10-13(12)7-14)17-6-2-11-8-15(21(22)23)4-5-16(11)19-17/h1-8H,9-10H2. The average Bonchev–Trinajstić information content (AvgIpc) is 2.96. The van der Waals surface area contributed by atoms with E-state index >= 15 is 0 Å². The number of hydrogen-bond donors (Lipinski definition) is 0. The van der Waals surface area contributed by atoms with Gasteiger partial charge in [-0.3, -0.25) is 10.1 Å². The summed E-state index contributed by atoms with van der Waals surface area (Å²) in [4.78, 5) is 17.3. The van der Waals surface area contributed by atoms with E-state index in [1.54, 1.807) is 12.1 Å². The molecular formula is C17H12BrN3O2. The lowest BCUT2D eigenvalue weighted by molar-refractivity contribution is -0.384. The van der Waals surface area contributed by atoms with Crippen LogP contribution in [0.1, 0.15) is 11.1 Å². The molecule has 1 aliphatic rings. The maximum Gasteiger partial charge on any atom is 0.270 e. The number of nitrogens with zero attached hydrogens (tertiary/aromatic N) is 3. The van der Waals surface area contributed by atoms with Crippen molar-refractivity contribution in [1.29, 1.82) is 0 Å². The maximum absolute atomic E-state index is 10.8. The Bertz CT molecular complexity index is 942. The summed E-state index contributed by atoms with van der Waals surface area (Å²) in [6.45, 7) is 1.65. The van der Waals surface area contributed by atoms with Crippen molar-refractivity contribution >= 4 is 38.3 Å². The van der Waals surface area contributed by atoms with Crippen LogP contribution in [0.2, 0.25) is 0 Å². The van der Waals surface area contributed by atoms with Gasteiger partial charge in [0.15, 0.2) is 0 Å².